The number of rotatable bonds is 5. The molecule has 0 aliphatic rings. The molecule has 94 valence electrons. The first-order valence-electron chi connectivity index (χ1n) is 5.80. The Bertz CT molecular complexity index is 454. The van der Waals surface area contributed by atoms with Crippen LogP contribution in [0.25, 0.3) is 0 Å². The number of H-pyrrole nitrogens is 1. The average Bonchev–Trinajstić information content (AvgIpc) is 2.31. The maximum atomic E-state index is 11.7. The van der Waals surface area contributed by atoms with Crippen molar-refractivity contribution < 1.29 is 4.79 Å². The van der Waals surface area contributed by atoms with E-state index in [2.05, 4.69) is 10.3 Å². The summed E-state index contributed by atoms with van der Waals surface area (Å²) >= 11 is 5.96. The van der Waals surface area contributed by atoms with Crippen LogP contribution in [0.15, 0.2) is 10.9 Å². The second-order valence-corrected chi connectivity index (χ2v) is 4.21. The predicted octanol–water partition coefficient (Wildman–Crippen LogP) is 2.12. The molecule has 1 rings (SSSR count). The van der Waals surface area contributed by atoms with E-state index in [-0.39, 0.29) is 17.0 Å². The van der Waals surface area contributed by atoms with Crippen LogP contribution in [0.4, 0.5) is 0 Å². The van der Waals surface area contributed by atoms with Crippen molar-refractivity contribution in [3.8, 4) is 0 Å². The van der Waals surface area contributed by atoms with Crippen molar-refractivity contribution in [3.05, 3.63) is 32.7 Å². The second-order valence-electron chi connectivity index (χ2n) is 3.80. The summed E-state index contributed by atoms with van der Waals surface area (Å²) in [5.41, 5.74) is 0.338. The highest BCUT2D eigenvalue weighted by molar-refractivity contribution is 6.31. The second kappa shape index (κ2) is 6.45. The molecule has 0 saturated heterocycles. The Balaban J connectivity index is 2.87. The first-order chi connectivity index (χ1) is 8.10. The number of aryl methyl sites for hydroxylation is 1. The summed E-state index contributed by atoms with van der Waals surface area (Å²) in [6.07, 6.45) is 2.52. The molecule has 1 heterocycles. The van der Waals surface area contributed by atoms with Crippen LogP contribution in [0.1, 0.15) is 42.7 Å². The Morgan fingerprint density at radius 3 is 2.76 bits per heavy atom. The Morgan fingerprint density at radius 1 is 1.47 bits per heavy atom. The van der Waals surface area contributed by atoms with Gasteiger partial charge < -0.3 is 10.3 Å². The summed E-state index contributed by atoms with van der Waals surface area (Å²) in [4.78, 5) is 26.0. The largest absolute Gasteiger partial charge is 0.352 e. The number of pyridine rings is 1. The van der Waals surface area contributed by atoms with E-state index in [0.717, 1.165) is 12.8 Å². The molecule has 0 aliphatic carbocycles. The first-order valence-corrected chi connectivity index (χ1v) is 6.17. The standard InChI is InChI=1S/C12H17ClN2O2/c1-3-5-6-14-11(16)8-7-9(13)10(4-2)15-12(8)17/h7H,3-6H2,1-2H3,(H,14,16)(H,15,17). The smallest absolute Gasteiger partial charge is 0.261 e. The molecule has 0 saturated carbocycles. The average molecular weight is 257 g/mol. The molecule has 1 aromatic heterocycles. The maximum absolute atomic E-state index is 11.7. The van der Waals surface area contributed by atoms with Crippen LogP contribution in [-0.4, -0.2) is 17.4 Å². The van der Waals surface area contributed by atoms with Gasteiger partial charge in [0.15, 0.2) is 0 Å². The van der Waals surface area contributed by atoms with Gasteiger partial charge in [-0.15, -0.1) is 0 Å². The zero-order valence-corrected chi connectivity index (χ0v) is 10.9. The van der Waals surface area contributed by atoms with Gasteiger partial charge in [0.2, 0.25) is 0 Å². The SMILES string of the molecule is CCCCNC(=O)c1cc(Cl)c(CC)[nH]c1=O. The molecule has 1 aromatic rings. The summed E-state index contributed by atoms with van der Waals surface area (Å²) in [6, 6.07) is 1.43. The van der Waals surface area contributed by atoms with Gasteiger partial charge in [-0.1, -0.05) is 31.9 Å². The van der Waals surface area contributed by atoms with Crippen molar-refractivity contribution >= 4 is 17.5 Å². The number of nitrogens with one attached hydrogen (secondary N) is 2. The summed E-state index contributed by atoms with van der Waals surface area (Å²) in [5.74, 6) is -0.371. The summed E-state index contributed by atoms with van der Waals surface area (Å²) in [5, 5.41) is 3.11. The van der Waals surface area contributed by atoms with Crippen molar-refractivity contribution in [2.24, 2.45) is 0 Å². The van der Waals surface area contributed by atoms with Crippen molar-refractivity contribution in [1.29, 1.82) is 0 Å². The third-order valence-electron chi connectivity index (χ3n) is 2.48. The molecule has 0 spiro atoms. The predicted molar refractivity (Wildman–Crippen MR) is 68.7 cm³/mol. The number of hydrogen-bond acceptors (Lipinski definition) is 2. The van der Waals surface area contributed by atoms with Gasteiger partial charge in [-0.2, -0.15) is 0 Å². The van der Waals surface area contributed by atoms with Crippen LogP contribution in [0, 0.1) is 0 Å². The maximum Gasteiger partial charge on any atom is 0.261 e. The van der Waals surface area contributed by atoms with Gasteiger partial charge in [0.05, 0.1) is 5.02 Å². The van der Waals surface area contributed by atoms with E-state index in [1.165, 1.54) is 6.07 Å². The minimum absolute atomic E-state index is 0.0725. The van der Waals surface area contributed by atoms with Gasteiger partial charge in [-0.25, -0.2) is 0 Å². The lowest BCUT2D eigenvalue weighted by molar-refractivity contribution is 0.0951. The molecule has 0 atom stereocenters. The molecule has 2 N–H and O–H groups in total. The zero-order chi connectivity index (χ0) is 12.8. The Morgan fingerprint density at radius 2 is 2.18 bits per heavy atom. The number of hydrogen-bond donors (Lipinski definition) is 2. The van der Waals surface area contributed by atoms with Crippen molar-refractivity contribution in [2.45, 2.75) is 33.1 Å². The van der Waals surface area contributed by atoms with E-state index in [1.807, 2.05) is 13.8 Å². The molecule has 17 heavy (non-hydrogen) atoms. The lowest BCUT2D eigenvalue weighted by Gasteiger charge is -2.06. The van der Waals surface area contributed by atoms with E-state index in [4.69, 9.17) is 11.6 Å². The number of halogens is 1. The molecule has 0 bridgehead atoms. The van der Waals surface area contributed by atoms with Crippen molar-refractivity contribution in [2.75, 3.05) is 6.54 Å². The Kier molecular flexibility index (Phi) is 5.22. The number of aromatic amines is 1. The molecule has 0 fully saturated rings. The van der Waals surface area contributed by atoms with Gasteiger partial charge in [-0.3, -0.25) is 9.59 Å². The lowest BCUT2D eigenvalue weighted by atomic mass is 10.2. The van der Waals surface area contributed by atoms with Crippen LogP contribution >= 0.6 is 11.6 Å². The van der Waals surface area contributed by atoms with Crippen LogP contribution in [0.2, 0.25) is 5.02 Å². The van der Waals surface area contributed by atoms with Gasteiger partial charge in [0.1, 0.15) is 5.56 Å². The fourth-order valence-electron chi connectivity index (χ4n) is 1.44. The van der Waals surface area contributed by atoms with E-state index >= 15 is 0 Å². The molecule has 0 aromatic carbocycles. The highest BCUT2D eigenvalue weighted by Gasteiger charge is 2.12. The zero-order valence-electron chi connectivity index (χ0n) is 10.1. The topological polar surface area (TPSA) is 62.0 Å². The fourth-order valence-corrected chi connectivity index (χ4v) is 1.73. The highest BCUT2D eigenvalue weighted by Crippen LogP contribution is 2.13. The molecule has 0 unspecified atom stereocenters. The molecule has 1 amide bonds. The van der Waals surface area contributed by atoms with E-state index in [0.29, 0.717) is 23.7 Å². The first kappa shape index (κ1) is 13.8. The minimum atomic E-state index is -0.389. The Labute approximate surface area is 105 Å². The molecule has 4 nitrogen and oxygen atoms in total. The molecular formula is C12H17ClN2O2. The Hall–Kier alpha value is -1.29. The molecule has 0 radical (unpaired) electrons. The van der Waals surface area contributed by atoms with Crippen LogP contribution in [0.3, 0.4) is 0 Å². The summed E-state index contributed by atoms with van der Waals surface area (Å²) in [7, 11) is 0. The fraction of sp³-hybridized carbons (Fsp3) is 0.500. The summed E-state index contributed by atoms with van der Waals surface area (Å²) < 4.78 is 0. The number of carbonyl (C=O) groups excluding carboxylic acids is 1. The van der Waals surface area contributed by atoms with E-state index in [1.54, 1.807) is 0 Å². The number of unbranched alkanes of at least 4 members (excludes halogenated alkanes) is 1. The van der Waals surface area contributed by atoms with Gasteiger partial charge >= 0.3 is 0 Å². The van der Waals surface area contributed by atoms with Gasteiger partial charge in [-0.05, 0) is 18.9 Å². The normalized spacial score (nSPS) is 10.3. The summed E-state index contributed by atoms with van der Waals surface area (Å²) in [6.45, 7) is 4.49. The quantitative estimate of drug-likeness (QED) is 0.793. The molecular weight excluding hydrogens is 240 g/mol. The minimum Gasteiger partial charge on any atom is -0.352 e. The molecule has 0 aliphatic heterocycles. The van der Waals surface area contributed by atoms with Gasteiger partial charge in [0.25, 0.3) is 11.5 Å². The third-order valence-corrected chi connectivity index (χ3v) is 2.82. The van der Waals surface area contributed by atoms with Crippen LogP contribution < -0.4 is 10.9 Å². The lowest BCUT2D eigenvalue weighted by Crippen LogP contribution is -2.30. The molecule has 5 heteroatoms. The van der Waals surface area contributed by atoms with Crippen LogP contribution in [0.5, 0.6) is 0 Å². The van der Waals surface area contributed by atoms with Gasteiger partial charge in [0, 0.05) is 12.2 Å². The van der Waals surface area contributed by atoms with E-state index in [9.17, 15) is 9.59 Å². The number of aromatic nitrogens is 1. The highest BCUT2D eigenvalue weighted by atomic mass is 35.5. The van der Waals surface area contributed by atoms with E-state index < -0.39 is 0 Å². The monoisotopic (exact) mass is 256 g/mol. The van der Waals surface area contributed by atoms with Crippen molar-refractivity contribution in [1.82, 2.24) is 10.3 Å². The third kappa shape index (κ3) is 3.60. The van der Waals surface area contributed by atoms with Crippen LogP contribution in [-0.2, 0) is 6.42 Å². The number of amides is 1. The van der Waals surface area contributed by atoms with Crippen molar-refractivity contribution in [3.63, 3.8) is 0 Å². The number of carbonyl (C=O) groups is 1.